The molecule has 0 aliphatic heterocycles. The molecule has 0 heterocycles. The zero-order valence-corrected chi connectivity index (χ0v) is 13.1. The molecule has 0 aliphatic carbocycles. The Balaban J connectivity index is 2.97. The highest BCUT2D eigenvalue weighted by Gasteiger charge is 2.21. The lowest BCUT2D eigenvalue weighted by Gasteiger charge is -2.18. The lowest BCUT2D eigenvalue weighted by molar-refractivity contribution is -0.111. The molecule has 0 radical (unpaired) electrons. The normalized spacial score (nSPS) is 12.0. The van der Waals surface area contributed by atoms with Crippen LogP contribution < -0.4 is 11.2 Å². The standard InChI is InChI=1S/C13H17N5O3S/c1-3-18(4-2)22(20,21)11-7-5-10(6-8-11)16-17-12(9-14)13(15)19/h5-8,16H,3-4H2,1-2H3,(H2,15,19)/b17-12+. The van der Waals surface area contributed by atoms with Crippen molar-refractivity contribution in [1.82, 2.24) is 4.31 Å². The van der Waals surface area contributed by atoms with Crippen LogP contribution in [0.2, 0.25) is 0 Å². The predicted molar refractivity (Wildman–Crippen MR) is 82.4 cm³/mol. The Morgan fingerprint density at radius 1 is 1.32 bits per heavy atom. The van der Waals surface area contributed by atoms with Gasteiger partial charge in [0.05, 0.1) is 10.6 Å². The Bertz CT molecular complexity index is 700. The summed E-state index contributed by atoms with van der Waals surface area (Å²) in [6.45, 7) is 4.29. The van der Waals surface area contributed by atoms with E-state index in [1.54, 1.807) is 19.9 Å². The molecule has 0 atom stereocenters. The van der Waals surface area contributed by atoms with E-state index in [2.05, 4.69) is 10.5 Å². The molecule has 0 saturated heterocycles. The van der Waals surface area contributed by atoms with Gasteiger partial charge in [0, 0.05) is 13.1 Å². The molecule has 0 saturated carbocycles. The molecule has 1 aromatic carbocycles. The van der Waals surface area contributed by atoms with Crippen LogP contribution in [0, 0.1) is 11.3 Å². The second-order valence-electron chi connectivity index (χ2n) is 4.16. The molecular formula is C13H17N5O3S. The summed E-state index contributed by atoms with van der Waals surface area (Å²) in [5.41, 5.74) is 7.36. The minimum atomic E-state index is -3.52. The number of anilines is 1. The minimum Gasteiger partial charge on any atom is -0.364 e. The van der Waals surface area contributed by atoms with E-state index in [0.717, 1.165) is 0 Å². The number of hydrogen-bond donors (Lipinski definition) is 2. The maximum Gasteiger partial charge on any atom is 0.280 e. The van der Waals surface area contributed by atoms with Crippen LogP contribution in [0.25, 0.3) is 0 Å². The van der Waals surface area contributed by atoms with E-state index in [9.17, 15) is 13.2 Å². The number of nitrogens with zero attached hydrogens (tertiary/aromatic N) is 3. The van der Waals surface area contributed by atoms with Gasteiger partial charge in [-0.1, -0.05) is 13.8 Å². The van der Waals surface area contributed by atoms with Crippen molar-refractivity contribution in [1.29, 1.82) is 5.26 Å². The van der Waals surface area contributed by atoms with Crippen LogP contribution in [0.15, 0.2) is 34.3 Å². The first-order chi connectivity index (χ1) is 10.4. The first-order valence-corrected chi connectivity index (χ1v) is 7.94. The Morgan fingerprint density at radius 2 is 1.86 bits per heavy atom. The largest absolute Gasteiger partial charge is 0.364 e. The van der Waals surface area contributed by atoms with Gasteiger partial charge in [0.15, 0.2) is 0 Å². The Labute approximate surface area is 129 Å². The summed E-state index contributed by atoms with van der Waals surface area (Å²) >= 11 is 0. The van der Waals surface area contributed by atoms with E-state index in [1.807, 2.05) is 0 Å². The molecule has 1 rings (SSSR count). The van der Waals surface area contributed by atoms with Crippen LogP contribution in [0.3, 0.4) is 0 Å². The van der Waals surface area contributed by atoms with Gasteiger partial charge in [-0.25, -0.2) is 8.42 Å². The SMILES string of the molecule is CCN(CC)S(=O)(=O)c1ccc(N/N=C(\C#N)C(N)=O)cc1. The van der Waals surface area contributed by atoms with Crippen molar-refractivity contribution in [2.45, 2.75) is 18.7 Å². The highest BCUT2D eigenvalue weighted by Crippen LogP contribution is 2.18. The molecule has 1 amide bonds. The summed E-state index contributed by atoms with van der Waals surface area (Å²) in [7, 11) is -3.52. The smallest absolute Gasteiger partial charge is 0.280 e. The molecule has 118 valence electrons. The number of carbonyl (C=O) groups is 1. The van der Waals surface area contributed by atoms with Crippen molar-refractivity contribution in [2.75, 3.05) is 18.5 Å². The fourth-order valence-electron chi connectivity index (χ4n) is 1.67. The molecule has 0 unspecified atom stereocenters. The van der Waals surface area contributed by atoms with Gasteiger partial charge in [-0.3, -0.25) is 10.2 Å². The molecule has 0 aromatic heterocycles. The number of rotatable bonds is 7. The van der Waals surface area contributed by atoms with Crippen LogP contribution in [-0.2, 0) is 14.8 Å². The number of hydrazone groups is 1. The Kier molecular flexibility index (Phi) is 6.03. The Morgan fingerprint density at radius 3 is 2.27 bits per heavy atom. The number of benzene rings is 1. The van der Waals surface area contributed by atoms with Crippen molar-refractivity contribution in [3.63, 3.8) is 0 Å². The quantitative estimate of drug-likeness (QED) is 0.557. The average Bonchev–Trinajstić information content (AvgIpc) is 2.49. The van der Waals surface area contributed by atoms with E-state index in [1.165, 1.54) is 28.6 Å². The summed E-state index contributed by atoms with van der Waals surface area (Å²) in [5, 5.41) is 12.2. The molecule has 3 N–H and O–H groups in total. The van der Waals surface area contributed by atoms with E-state index in [0.29, 0.717) is 18.8 Å². The van der Waals surface area contributed by atoms with Crippen molar-refractivity contribution < 1.29 is 13.2 Å². The predicted octanol–water partition coefficient (Wildman–Crippen LogP) is 0.494. The first kappa shape index (κ1) is 17.6. The number of carbonyl (C=O) groups excluding carboxylic acids is 1. The zero-order valence-electron chi connectivity index (χ0n) is 12.3. The fourth-order valence-corrected chi connectivity index (χ4v) is 3.13. The molecular weight excluding hydrogens is 306 g/mol. The molecule has 8 nitrogen and oxygen atoms in total. The van der Waals surface area contributed by atoms with E-state index < -0.39 is 21.6 Å². The van der Waals surface area contributed by atoms with Gasteiger partial charge in [0.2, 0.25) is 15.7 Å². The molecule has 9 heteroatoms. The molecule has 0 aliphatic rings. The van der Waals surface area contributed by atoms with Gasteiger partial charge in [-0.2, -0.15) is 14.7 Å². The van der Waals surface area contributed by atoms with Gasteiger partial charge in [0.25, 0.3) is 5.91 Å². The lowest BCUT2D eigenvalue weighted by Crippen LogP contribution is -2.30. The number of nitrogens with one attached hydrogen (secondary N) is 1. The first-order valence-electron chi connectivity index (χ1n) is 6.50. The van der Waals surface area contributed by atoms with Crippen LogP contribution in [0.5, 0.6) is 0 Å². The van der Waals surface area contributed by atoms with Crippen molar-refractivity contribution in [3.8, 4) is 6.07 Å². The van der Waals surface area contributed by atoms with E-state index in [4.69, 9.17) is 11.0 Å². The molecule has 0 spiro atoms. The fraction of sp³-hybridized carbons (Fsp3) is 0.308. The maximum atomic E-state index is 12.3. The molecule has 0 fully saturated rings. The number of nitrogens with two attached hydrogens (primary N) is 1. The summed E-state index contributed by atoms with van der Waals surface area (Å²) < 4.78 is 25.9. The van der Waals surface area contributed by atoms with Crippen LogP contribution in [0.1, 0.15) is 13.8 Å². The Hall–Kier alpha value is -2.44. The second kappa shape index (κ2) is 7.53. The number of sulfonamides is 1. The third kappa shape index (κ3) is 4.03. The highest BCUT2D eigenvalue weighted by molar-refractivity contribution is 7.89. The van der Waals surface area contributed by atoms with Crippen LogP contribution >= 0.6 is 0 Å². The number of hydrogen-bond acceptors (Lipinski definition) is 6. The van der Waals surface area contributed by atoms with Crippen LogP contribution in [0.4, 0.5) is 5.69 Å². The number of amides is 1. The highest BCUT2D eigenvalue weighted by atomic mass is 32.2. The lowest BCUT2D eigenvalue weighted by atomic mass is 10.3. The van der Waals surface area contributed by atoms with E-state index in [-0.39, 0.29) is 4.90 Å². The van der Waals surface area contributed by atoms with Crippen molar-refractivity contribution in [3.05, 3.63) is 24.3 Å². The number of primary amides is 1. The summed E-state index contributed by atoms with van der Waals surface area (Å²) in [4.78, 5) is 11.0. The summed E-state index contributed by atoms with van der Waals surface area (Å²) in [6, 6.07) is 7.35. The summed E-state index contributed by atoms with van der Waals surface area (Å²) in [5.74, 6) is -0.948. The monoisotopic (exact) mass is 323 g/mol. The van der Waals surface area contributed by atoms with Gasteiger partial charge < -0.3 is 5.73 Å². The maximum absolute atomic E-state index is 12.3. The van der Waals surface area contributed by atoms with Crippen molar-refractivity contribution >= 4 is 27.3 Å². The second-order valence-corrected chi connectivity index (χ2v) is 6.10. The molecule has 22 heavy (non-hydrogen) atoms. The van der Waals surface area contributed by atoms with Gasteiger partial charge in [0.1, 0.15) is 6.07 Å². The van der Waals surface area contributed by atoms with Gasteiger partial charge >= 0.3 is 0 Å². The molecule has 1 aromatic rings. The van der Waals surface area contributed by atoms with E-state index >= 15 is 0 Å². The van der Waals surface area contributed by atoms with Gasteiger partial charge in [-0.15, -0.1) is 0 Å². The topological polar surface area (TPSA) is 129 Å². The number of nitriles is 1. The zero-order chi connectivity index (χ0) is 16.8. The van der Waals surface area contributed by atoms with Crippen molar-refractivity contribution in [2.24, 2.45) is 10.8 Å². The van der Waals surface area contributed by atoms with Gasteiger partial charge in [-0.05, 0) is 24.3 Å². The third-order valence-corrected chi connectivity index (χ3v) is 4.90. The summed E-state index contributed by atoms with van der Waals surface area (Å²) in [6.07, 6.45) is 0. The third-order valence-electron chi connectivity index (χ3n) is 2.83. The minimum absolute atomic E-state index is 0.154. The average molecular weight is 323 g/mol. The van der Waals surface area contributed by atoms with Crippen LogP contribution in [-0.4, -0.2) is 37.4 Å². The molecule has 0 bridgehead atoms.